The third-order valence-corrected chi connectivity index (χ3v) is 4.90. The van der Waals surface area contributed by atoms with Crippen molar-refractivity contribution in [3.63, 3.8) is 0 Å². The van der Waals surface area contributed by atoms with Gasteiger partial charge in [-0.25, -0.2) is 0 Å². The van der Waals surface area contributed by atoms with Crippen molar-refractivity contribution in [1.29, 1.82) is 0 Å². The van der Waals surface area contributed by atoms with E-state index in [1.54, 1.807) is 0 Å². The van der Waals surface area contributed by atoms with Crippen molar-refractivity contribution in [2.75, 3.05) is 0 Å². The van der Waals surface area contributed by atoms with Crippen LogP contribution in [0.15, 0.2) is 0 Å². The maximum atomic E-state index is 10.6. The molecule has 0 amide bonds. The Hall–Kier alpha value is -0.0400. The molecule has 0 bridgehead atoms. The average molecular weight is 224 g/mol. The molecule has 2 aliphatic rings. The Morgan fingerprint density at radius 3 is 2.19 bits per heavy atom. The minimum Gasteiger partial charge on any atom is -0.393 e. The summed E-state index contributed by atoms with van der Waals surface area (Å²) in [6.45, 7) is 4.60. The topological polar surface area (TPSA) is 20.2 Å². The SMILES string of the molecule is CC(C)CC1(C(O)CC2CCC2)CCCC1. The van der Waals surface area contributed by atoms with Crippen molar-refractivity contribution in [2.24, 2.45) is 17.3 Å². The summed E-state index contributed by atoms with van der Waals surface area (Å²) in [6, 6.07) is 0. The van der Waals surface area contributed by atoms with Gasteiger partial charge in [0.15, 0.2) is 0 Å². The molecule has 2 saturated carbocycles. The first kappa shape index (κ1) is 12.4. The molecule has 16 heavy (non-hydrogen) atoms. The fraction of sp³-hybridized carbons (Fsp3) is 1.00. The molecule has 0 aliphatic heterocycles. The summed E-state index contributed by atoms with van der Waals surface area (Å²) >= 11 is 0. The van der Waals surface area contributed by atoms with Crippen LogP contribution in [-0.2, 0) is 0 Å². The molecule has 2 rings (SSSR count). The molecular weight excluding hydrogens is 196 g/mol. The van der Waals surface area contributed by atoms with Crippen molar-refractivity contribution < 1.29 is 5.11 Å². The number of aliphatic hydroxyl groups excluding tert-OH is 1. The molecule has 0 saturated heterocycles. The third-order valence-electron chi connectivity index (χ3n) is 4.90. The fourth-order valence-corrected chi connectivity index (χ4v) is 3.86. The zero-order valence-electron chi connectivity index (χ0n) is 11.0. The minimum absolute atomic E-state index is 0.0114. The molecule has 1 heteroatoms. The second kappa shape index (κ2) is 5.08. The highest BCUT2D eigenvalue weighted by atomic mass is 16.3. The monoisotopic (exact) mass is 224 g/mol. The molecule has 0 heterocycles. The van der Waals surface area contributed by atoms with Crippen LogP contribution in [0, 0.1) is 17.3 Å². The fourth-order valence-electron chi connectivity index (χ4n) is 3.86. The molecular formula is C15H28O. The number of hydrogen-bond donors (Lipinski definition) is 1. The smallest absolute Gasteiger partial charge is 0.0599 e. The van der Waals surface area contributed by atoms with Gasteiger partial charge in [-0.3, -0.25) is 0 Å². The highest BCUT2D eigenvalue weighted by Crippen LogP contribution is 2.48. The lowest BCUT2D eigenvalue weighted by Gasteiger charge is -2.39. The molecule has 0 spiro atoms. The zero-order chi connectivity index (χ0) is 11.6. The summed E-state index contributed by atoms with van der Waals surface area (Å²) < 4.78 is 0. The third kappa shape index (κ3) is 2.61. The van der Waals surface area contributed by atoms with Crippen LogP contribution in [-0.4, -0.2) is 11.2 Å². The van der Waals surface area contributed by atoms with Crippen molar-refractivity contribution >= 4 is 0 Å². The summed E-state index contributed by atoms with van der Waals surface area (Å²) in [4.78, 5) is 0. The van der Waals surface area contributed by atoms with Crippen molar-refractivity contribution in [3.8, 4) is 0 Å². The van der Waals surface area contributed by atoms with Gasteiger partial charge in [-0.15, -0.1) is 0 Å². The Labute approximate surface area is 101 Å². The molecule has 2 aliphatic carbocycles. The standard InChI is InChI=1S/C15H28O/c1-12(2)11-15(8-3-4-9-15)14(16)10-13-6-5-7-13/h12-14,16H,3-11H2,1-2H3. The normalized spacial score (nSPS) is 27.0. The lowest BCUT2D eigenvalue weighted by Crippen LogP contribution is -2.36. The molecule has 2 fully saturated rings. The Bertz CT molecular complexity index is 211. The van der Waals surface area contributed by atoms with Gasteiger partial charge in [0.2, 0.25) is 0 Å². The molecule has 0 radical (unpaired) electrons. The Morgan fingerprint density at radius 1 is 1.12 bits per heavy atom. The molecule has 1 atom stereocenters. The molecule has 1 nitrogen and oxygen atoms in total. The van der Waals surface area contributed by atoms with Crippen LogP contribution in [0.5, 0.6) is 0 Å². The molecule has 1 unspecified atom stereocenters. The Kier molecular flexibility index (Phi) is 3.94. The second-order valence-corrected chi connectivity index (χ2v) is 6.72. The molecule has 0 aromatic heterocycles. The minimum atomic E-state index is -0.0114. The first-order chi connectivity index (χ1) is 7.62. The quantitative estimate of drug-likeness (QED) is 0.744. The first-order valence-corrected chi connectivity index (χ1v) is 7.30. The zero-order valence-corrected chi connectivity index (χ0v) is 11.0. The van der Waals surface area contributed by atoms with Gasteiger partial charge >= 0.3 is 0 Å². The molecule has 0 aromatic carbocycles. The van der Waals surface area contributed by atoms with Gasteiger partial charge in [0, 0.05) is 0 Å². The van der Waals surface area contributed by atoms with E-state index >= 15 is 0 Å². The summed E-state index contributed by atoms with van der Waals surface area (Å²) in [6.07, 6.45) is 11.7. The molecule has 94 valence electrons. The van der Waals surface area contributed by atoms with Crippen molar-refractivity contribution in [3.05, 3.63) is 0 Å². The predicted octanol–water partition coefficient (Wildman–Crippen LogP) is 4.14. The van der Waals surface area contributed by atoms with Crippen LogP contribution in [0.4, 0.5) is 0 Å². The van der Waals surface area contributed by atoms with Gasteiger partial charge in [-0.2, -0.15) is 0 Å². The number of aliphatic hydroxyl groups is 1. The number of hydrogen-bond acceptors (Lipinski definition) is 1. The maximum absolute atomic E-state index is 10.6. The molecule has 0 aromatic rings. The van der Waals surface area contributed by atoms with E-state index in [0.29, 0.717) is 5.41 Å². The van der Waals surface area contributed by atoms with Crippen LogP contribution >= 0.6 is 0 Å². The van der Waals surface area contributed by atoms with E-state index in [4.69, 9.17) is 0 Å². The van der Waals surface area contributed by atoms with E-state index in [1.807, 2.05) is 0 Å². The van der Waals surface area contributed by atoms with Crippen molar-refractivity contribution in [2.45, 2.75) is 77.7 Å². The van der Waals surface area contributed by atoms with Crippen LogP contribution in [0.2, 0.25) is 0 Å². The van der Waals surface area contributed by atoms with Gasteiger partial charge in [-0.05, 0) is 42.9 Å². The van der Waals surface area contributed by atoms with E-state index in [0.717, 1.165) is 18.3 Å². The summed E-state index contributed by atoms with van der Waals surface area (Å²) in [7, 11) is 0. The van der Waals surface area contributed by atoms with Crippen LogP contribution in [0.1, 0.15) is 71.6 Å². The van der Waals surface area contributed by atoms with Crippen molar-refractivity contribution in [1.82, 2.24) is 0 Å². The Balaban J connectivity index is 1.93. The van der Waals surface area contributed by atoms with E-state index in [9.17, 15) is 5.11 Å². The number of rotatable bonds is 5. The highest BCUT2D eigenvalue weighted by molar-refractivity contribution is 4.93. The van der Waals surface area contributed by atoms with Gasteiger partial charge in [0.1, 0.15) is 0 Å². The lowest BCUT2D eigenvalue weighted by atomic mass is 9.69. The van der Waals surface area contributed by atoms with E-state index < -0.39 is 0 Å². The van der Waals surface area contributed by atoms with Crippen LogP contribution < -0.4 is 0 Å². The van der Waals surface area contributed by atoms with E-state index in [-0.39, 0.29) is 6.10 Å². The lowest BCUT2D eigenvalue weighted by molar-refractivity contribution is -0.0121. The Morgan fingerprint density at radius 2 is 1.75 bits per heavy atom. The van der Waals surface area contributed by atoms with Crippen LogP contribution in [0.25, 0.3) is 0 Å². The highest BCUT2D eigenvalue weighted by Gasteiger charge is 2.41. The summed E-state index contributed by atoms with van der Waals surface area (Å²) in [5, 5.41) is 10.6. The maximum Gasteiger partial charge on any atom is 0.0599 e. The average Bonchev–Trinajstić information content (AvgIpc) is 2.59. The largest absolute Gasteiger partial charge is 0.393 e. The second-order valence-electron chi connectivity index (χ2n) is 6.72. The summed E-state index contributed by atoms with van der Waals surface area (Å²) in [5.41, 5.74) is 0.295. The van der Waals surface area contributed by atoms with Gasteiger partial charge < -0.3 is 5.11 Å². The van der Waals surface area contributed by atoms with Gasteiger partial charge in [0.05, 0.1) is 6.10 Å². The van der Waals surface area contributed by atoms with Gasteiger partial charge in [0.25, 0.3) is 0 Å². The molecule has 1 N–H and O–H groups in total. The van der Waals surface area contributed by atoms with Crippen LogP contribution in [0.3, 0.4) is 0 Å². The first-order valence-electron chi connectivity index (χ1n) is 7.30. The summed E-state index contributed by atoms with van der Waals surface area (Å²) in [5.74, 6) is 1.58. The van der Waals surface area contributed by atoms with Gasteiger partial charge in [-0.1, -0.05) is 46.0 Å². The van der Waals surface area contributed by atoms with E-state index in [2.05, 4.69) is 13.8 Å². The predicted molar refractivity (Wildman–Crippen MR) is 68.3 cm³/mol. The van der Waals surface area contributed by atoms with E-state index in [1.165, 1.54) is 51.4 Å².